The molecule has 1 fully saturated rings. The first-order chi connectivity index (χ1) is 9.66. The Morgan fingerprint density at radius 1 is 1.30 bits per heavy atom. The average molecular weight is 284 g/mol. The van der Waals surface area contributed by atoms with Crippen molar-refractivity contribution in [1.82, 2.24) is 10.6 Å². The summed E-state index contributed by atoms with van der Waals surface area (Å²) in [4.78, 5) is 11.7. The van der Waals surface area contributed by atoms with Crippen molar-refractivity contribution in [1.29, 1.82) is 0 Å². The van der Waals surface area contributed by atoms with Crippen LogP contribution < -0.4 is 10.6 Å². The van der Waals surface area contributed by atoms with E-state index >= 15 is 0 Å². The third-order valence-corrected chi connectivity index (χ3v) is 3.21. The smallest absolute Gasteiger partial charge is 0.251 e. The van der Waals surface area contributed by atoms with Gasteiger partial charge >= 0.3 is 0 Å². The van der Waals surface area contributed by atoms with E-state index in [2.05, 4.69) is 10.6 Å². The van der Waals surface area contributed by atoms with E-state index in [1.165, 1.54) is 6.07 Å². The number of hydrogen-bond donors (Lipinski definition) is 2. The summed E-state index contributed by atoms with van der Waals surface area (Å²) in [6.45, 7) is 2.67. The fraction of sp³-hybridized carbons (Fsp3) is 0.500. The number of carbonyl (C=O) groups excluding carboxylic acids is 1. The molecule has 0 aromatic heterocycles. The van der Waals surface area contributed by atoms with E-state index in [9.17, 15) is 13.6 Å². The Morgan fingerprint density at radius 2 is 2.05 bits per heavy atom. The molecule has 1 amide bonds. The first kappa shape index (κ1) is 14.9. The van der Waals surface area contributed by atoms with E-state index in [4.69, 9.17) is 4.74 Å². The normalized spacial score (nSPS) is 16.1. The Labute approximate surface area is 116 Å². The monoisotopic (exact) mass is 284 g/mol. The van der Waals surface area contributed by atoms with E-state index in [0.717, 1.165) is 38.1 Å². The lowest BCUT2D eigenvalue weighted by Gasteiger charge is -2.22. The molecule has 0 bridgehead atoms. The maximum Gasteiger partial charge on any atom is 0.251 e. The molecule has 0 aliphatic carbocycles. The Balaban J connectivity index is 1.70. The van der Waals surface area contributed by atoms with Gasteiger partial charge in [-0.25, -0.2) is 8.78 Å². The number of amides is 1. The molecule has 0 atom stereocenters. The van der Waals surface area contributed by atoms with Crippen LogP contribution in [0.4, 0.5) is 8.78 Å². The molecule has 1 aliphatic rings. The zero-order valence-electron chi connectivity index (χ0n) is 11.1. The first-order valence-corrected chi connectivity index (χ1v) is 6.72. The third kappa shape index (κ3) is 4.25. The van der Waals surface area contributed by atoms with Crippen molar-refractivity contribution in [2.24, 2.45) is 0 Å². The van der Waals surface area contributed by atoms with E-state index in [1.807, 2.05) is 0 Å². The number of nitrogens with one attached hydrogen (secondary N) is 2. The van der Waals surface area contributed by atoms with Crippen molar-refractivity contribution in [2.45, 2.75) is 18.9 Å². The topological polar surface area (TPSA) is 50.4 Å². The number of hydrogen-bond acceptors (Lipinski definition) is 3. The number of benzene rings is 1. The molecule has 1 heterocycles. The second-order valence-electron chi connectivity index (χ2n) is 4.70. The molecule has 2 N–H and O–H groups in total. The van der Waals surface area contributed by atoms with Crippen molar-refractivity contribution >= 4 is 5.91 Å². The SMILES string of the molecule is O=C(NCCOC1CCNCC1)c1ccc(F)c(F)c1. The fourth-order valence-corrected chi connectivity index (χ4v) is 2.09. The minimum atomic E-state index is -1.02. The van der Waals surface area contributed by atoms with Gasteiger partial charge in [-0.15, -0.1) is 0 Å². The summed E-state index contributed by atoms with van der Waals surface area (Å²) in [6, 6.07) is 3.08. The van der Waals surface area contributed by atoms with Gasteiger partial charge in [-0.1, -0.05) is 0 Å². The largest absolute Gasteiger partial charge is 0.376 e. The minimum Gasteiger partial charge on any atom is -0.376 e. The molecular formula is C14H18F2N2O2. The average Bonchev–Trinajstić information content (AvgIpc) is 2.47. The van der Waals surface area contributed by atoms with Gasteiger partial charge in [0.2, 0.25) is 0 Å². The van der Waals surface area contributed by atoms with Gasteiger partial charge in [-0.05, 0) is 44.1 Å². The van der Waals surface area contributed by atoms with Crippen molar-refractivity contribution in [3.8, 4) is 0 Å². The molecule has 1 aromatic rings. The van der Waals surface area contributed by atoms with Gasteiger partial charge in [-0.2, -0.15) is 0 Å². The number of rotatable bonds is 5. The van der Waals surface area contributed by atoms with Gasteiger partial charge in [0, 0.05) is 12.1 Å². The molecule has 0 unspecified atom stereocenters. The van der Waals surface area contributed by atoms with Crippen molar-refractivity contribution in [2.75, 3.05) is 26.2 Å². The highest BCUT2D eigenvalue weighted by molar-refractivity contribution is 5.94. The Kier molecular flexibility index (Phi) is 5.43. The summed E-state index contributed by atoms with van der Waals surface area (Å²) in [5.41, 5.74) is 0.103. The molecule has 0 spiro atoms. The zero-order chi connectivity index (χ0) is 14.4. The second-order valence-corrected chi connectivity index (χ2v) is 4.70. The quantitative estimate of drug-likeness (QED) is 0.805. The van der Waals surface area contributed by atoms with Crippen LogP contribution in [0.1, 0.15) is 23.2 Å². The van der Waals surface area contributed by atoms with E-state index in [1.54, 1.807) is 0 Å². The van der Waals surface area contributed by atoms with Gasteiger partial charge < -0.3 is 15.4 Å². The highest BCUT2D eigenvalue weighted by atomic mass is 19.2. The Hall–Kier alpha value is -1.53. The maximum absolute atomic E-state index is 13.0. The van der Waals surface area contributed by atoms with Crippen LogP contribution in [-0.4, -0.2) is 38.3 Å². The van der Waals surface area contributed by atoms with Gasteiger partial charge in [0.1, 0.15) is 0 Å². The number of halogens is 2. The molecule has 0 saturated carbocycles. The van der Waals surface area contributed by atoms with Gasteiger partial charge in [0.05, 0.1) is 12.7 Å². The highest BCUT2D eigenvalue weighted by Crippen LogP contribution is 2.09. The van der Waals surface area contributed by atoms with Crippen molar-refractivity contribution < 1.29 is 18.3 Å². The predicted octanol–water partition coefficient (Wildman–Crippen LogP) is 1.46. The maximum atomic E-state index is 13.0. The predicted molar refractivity (Wildman–Crippen MR) is 70.5 cm³/mol. The van der Waals surface area contributed by atoms with Crippen LogP contribution in [0.5, 0.6) is 0 Å². The molecular weight excluding hydrogens is 266 g/mol. The zero-order valence-corrected chi connectivity index (χ0v) is 11.1. The van der Waals surface area contributed by atoms with E-state index < -0.39 is 17.5 Å². The number of ether oxygens (including phenoxy) is 1. The summed E-state index contributed by atoms with van der Waals surface area (Å²) >= 11 is 0. The summed E-state index contributed by atoms with van der Waals surface area (Å²) in [5.74, 6) is -2.42. The molecule has 20 heavy (non-hydrogen) atoms. The summed E-state index contributed by atoms with van der Waals surface area (Å²) in [5, 5.41) is 5.86. The molecule has 6 heteroatoms. The van der Waals surface area contributed by atoms with Crippen molar-refractivity contribution in [3.05, 3.63) is 35.4 Å². The van der Waals surface area contributed by atoms with E-state index in [0.29, 0.717) is 13.2 Å². The van der Waals surface area contributed by atoms with Gasteiger partial charge in [0.25, 0.3) is 5.91 Å². The standard InChI is InChI=1S/C14H18F2N2O2/c15-12-2-1-10(9-13(12)16)14(19)18-7-8-20-11-3-5-17-6-4-11/h1-2,9,11,17H,3-8H2,(H,18,19). The van der Waals surface area contributed by atoms with Gasteiger partial charge in [-0.3, -0.25) is 4.79 Å². The van der Waals surface area contributed by atoms with E-state index in [-0.39, 0.29) is 11.7 Å². The van der Waals surface area contributed by atoms with Gasteiger partial charge in [0.15, 0.2) is 11.6 Å². The second kappa shape index (κ2) is 7.31. The third-order valence-electron chi connectivity index (χ3n) is 3.21. The lowest BCUT2D eigenvalue weighted by molar-refractivity contribution is 0.0343. The number of piperidine rings is 1. The van der Waals surface area contributed by atoms with Crippen LogP contribution >= 0.6 is 0 Å². The van der Waals surface area contributed by atoms with Crippen LogP contribution in [0, 0.1) is 11.6 Å². The number of carbonyl (C=O) groups is 1. The first-order valence-electron chi connectivity index (χ1n) is 6.72. The molecule has 2 rings (SSSR count). The van der Waals surface area contributed by atoms with Crippen LogP contribution in [0.15, 0.2) is 18.2 Å². The fourth-order valence-electron chi connectivity index (χ4n) is 2.09. The Bertz CT molecular complexity index is 462. The van der Waals surface area contributed by atoms with Crippen molar-refractivity contribution in [3.63, 3.8) is 0 Å². The minimum absolute atomic E-state index is 0.103. The summed E-state index contributed by atoms with van der Waals surface area (Å²) in [7, 11) is 0. The lowest BCUT2D eigenvalue weighted by Crippen LogP contribution is -2.34. The summed E-state index contributed by atoms with van der Waals surface area (Å²) in [6.07, 6.45) is 2.17. The summed E-state index contributed by atoms with van der Waals surface area (Å²) < 4.78 is 31.4. The molecule has 1 aromatic carbocycles. The van der Waals surface area contributed by atoms with Crippen LogP contribution in [0.3, 0.4) is 0 Å². The molecule has 4 nitrogen and oxygen atoms in total. The highest BCUT2D eigenvalue weighted by Gasteiger charge is 2.13. The molecule has 1 aliphatic heterocycles. The van der Waals surface area contributed by atoms with Crippen LogP contribution in [0.2, 0.25) is 0 Å². The van der Waals surface area contributed by atoms with Crippen LogP contribution in [0.25, 0.3) is 0 Å². The molecule has 1 saturated heterocycles. The lowest BCUT2D eigenvalue weighted by atomic mass is 10.1. The molecule has 110 valence electrons. The molecule has 0 radical (unpaired) electrons. The van der Waals surface area contributed by atoms with Crippen LogP contribution in [-0.2, 0) is 4.74 Å². The Morgan fingerprint density at radius 3 is 2.75 bits per heavy atom.